The second-order valence-corrected chi connectivity index (χ2v) is 10.5. The molecule has 0 unspecified atom stereocenters. The fourth-order valence-electron chi connectivity index (χ4n) is 5.25. The zero-order valence-corrected chi connectivity index (χ0v) is 22.2. The summed E-state index contributed by atoms with van der Waals surface area (Å²) in [5, 5.41) is 19.7. The van der Waals surface area contributed by atoms with Crippen LogP contribution in [0, 0.1) is 0 Å². The highest BCUT2D eigenvalue weighted by Crippen LogP contribution is 2.29. The molecule has 0 saturated carbocycles. The van der Waals surface area contributed by atoms with Gasteiger partial charge in [0.2, 0.25) is 5.95 Å². The van der Waals surface area contributed by atoms with Gasteiger partial charge in [-0.25, -0.2) is 9.67 Å². The number of fused-ring (bicyclic) bond motifs is 1. The molecule has 0 amide bonds. The summed E-state index contributed by atoms with van der Waals surface area (Å²) in [5.74, 6) is 2.75. The maximum atomic E-state index is 6.15. The molecule has 0 radical (unpaired) electrons. The number of rotatable bonds is 7. The van der Waals surface area contributed by atoms with Crippen LogP contribution in [-0.4, -0.2) is 75.3 Å². The minimum absolute atomic E-state index is 0.249. The average molecular weight is 516 g/mol. The SMILES string of the molecule is CC(C)c1[nH]nc2c(NCc3ccccc3-n3ccc(N4CCNCC4)n3)nc(N3CCC(N)CC3)nc12. The van der Waals surface area contributed by atoms with Crippen LogP contribution in [0.4, 0.5) is 17.6 Å². The summed E-state index contributed by atoms with van der Waals surface area (Å²) in [5.41, 5.74) is 11.0. The normalized spacial score (nSPS) is 17.1. The molecule has 5 N–H and O–H groups in total. The highest BCUT2D eigenvalue weighted by atomic mass is 15.4. The minimum atomic E-state index is 0.249. The molecule has 0 bridgehead atoms. The van der Waals surface area contributed by atoms with E-state index in [-0.39, 0.29) is 12.0 Å². The van der Waals surface area contributed by atoms with Gasteiger partial charge >= 0.3 is 0 Å². The summed E-state index contributed by atoms with van der Waals surface area (Å²) in [6.45, 7) is 10.5. The zero-order valence-electron chi connectivity index (χ0n) is 22.2. The van der Waals surface area contributed by atoms with Crippen molar-refractivity contribution in [2.24, 2.45) is 5.73 Å². The van der Waals surface area contributed by atoms with E-state index in [0.717, 1.165) is 97.7 Å². The van der Waals surface area contributed by atoms with Gasteiger partial charge < -0.3 is 26.2 Å². The molecule has 0 spiro atoms. The number of piperazine rings is 1. The van der Waals surface area contributed by atoms with Crippen molar-refractivity contribution in [3.8, 4) is 5.69 Å². The number of piperidine rings is 1. The smallest absolute Gasteiger partial charge is 0.228 e. The van der Waals surface area contributed by atoms with Crippen molar-refractivity contribution in [1.29, 1.82) is 0 Å². The van der Waals surface area contributed by atoms with Gasteiger partial charge in [-0.15, -0.1) is 0 Å². The summed E-state index contributed by atoms with van der Waals surface area (Å²) in [6.07, 6.45) is 3.93. The van der Waals surface area contributed by atoms with Crippen molar-refractivity contribution in [2.75, 3.05) is 54.4 Å². The van der Waals surface area contributed by atoms with Gasteiger partial charge in [0.05, 0.1) is 11.4 Å². The number of H-pyrrole nitrogens is 1. The molecule has 3 aromatic heterocycles. The van der Waals surface area contributed by atoms with E-state index in [2.05, 4.69) is 74.8 Å². The van der Waals surface area contributed by atoms with E-state index >= 15 is 0 Å². The monoisotopic (exact) mass is 515 g/mol. The van der Waals surface area contributed by atoms with E-state index in [1.807, 2.05) is 10.9 Å². The maximum Gasteiger partial charge on any atom is 0.228 e. The van der Waals surface area contributed by atoms with E-state index in [0.29, 0.717) is 6.54 Å². The molecule has 2 saturated heterocycles. The van der Waals surface area contributed by atoms with Crippen LogP contribution >= 0.6 is 0 Å². The molecule has 2 fully saturated rings. The van der Waals surface area contributed by atoms with E-state index in [1.54, 1.807) is 0 Å². The number of hydrogen-bond acceptors (Lipinski definition) is 9. The molecule has 11 nitrogen and oxygen atoms in total. The van der Waals surface area contributed by atoms with Crippen LogP contribution in [0.25, 0.3) is 16.7 Å². The molecule has 5 heterocycles. The Hall–Kier alpha value is -3.70. The number of hydrogen-bond donors (Lipinski definition) is 4. The Morgan fingerprint density at radius 3 is 2.58 bits per heavy atom. The fourth-order valence-corrected chi connectivity index (χ4v) is 5.25. The largest absolute Gasteiger partial charge is 0.364 e. The van der Waals surface area contributed by atoms with Crippen molar-refractivity contribution >= 4 is 28.6 Å². The van der Waals surface area contributed by atoms with Crippen LogP contribution in [0.1, 0.15) is 43.9 Å². The van der Waals surface area contributed by atoms with Crippen LogP contribution in [-0.2, 0) is 6.54 Å². The Labute approximate surface area is 222 Å². The van der Waals surface area contributed by atoms with Gasteiger partial charge in [-0.3, -0.25) is 5.10 Å². The molecule has 200 valence electrons. The Morgan fingerprint density at radius 1 is 1.00 bits per heavy atom. The topological polar surface area (TPSA) is 129 Å². The van der Waals surface area contributed by atoms with Crippen LogP contribution in [0.3, 0.4) is 0 Å². The molecule has 6 rings (SSSR count). The van der Waals surface area contributed by atoms with Crippen molar-refractivity contribution < 1.29 is 0 Å². The minimum Gasteiger partial charge on any atom is -0.364 e. The molecular formula is C27H37N11. The predicted molar refractivity (Wildman–Crippen MR) is 151 cm³/mol. The quantitative estimate of drug-likeness (QED) is 0.293. The average Bonchev–Trinajstić information content (AvgIpc) is 3.61. The van der Waals surface area contributed by atoms with Crippen molar-refractivity contribution in [2.45, 2.75) is 45.2 Å². The number of nitrogens with two attached hydrogens (primary N) is 1. The van der Waals surface area contributed by atoms with E-state index in [9.17, 15) is 0 Å². The summed E-state index contributed by atoms with van der Waals surface area (Å²) in [7, 11) is 0. The first-order chi connectivity index (χ1) is 18.6. The number of nitrogens with one attached hydrogen (secondary N) is 3. The Morgan fingerprint density at radius 2 is 1.79 bits per heavy atom. The zero-order chi connectivity index (χ0) is 26.1. The fraction of sp³-hybridized carbons (Fsp3) is 0.481. The summed E-state index contributed by atoms with van der Waals surface area (Å²) >= 11 is 0. The molecule has 11 heteroatoms. The van der Waals surface area contributed by atoms with E-state index < -0.39 is 0 Å². The molecule has 38 heavy (non-hydrogen) atoms. The van der Waals surface area contributed by atoms with E-state index in [4.69, 9.17) is 20.8 Å². The maximum absolute atomic E-state index is 6.15. The van der Waals surface area contributed by atoms with Gasteiger partial charge in [-0.05, 0) is 30.4 Å². The molecule has 2 aliphatic heterocycles. The second kappa shape index (κ2) is 10.6. The summed E-state index contributed by atoms with van der Waals surface area (Å²) in [4.78, 5) is 14.5. The lowest BCUT2D eigenvalue weighted by atomic mass is 10.1. The predicted octanol–water partition coefficient (Wildman–Crippen LogP) is 2.61. The summed E-state index contributed by atoms with van der Waals surface area (Å²) < 4.78 is 1.97. The third-order valence-electron chi connectivity index (χ3n) is 7.52. The van der Waals surface area contributed by atoms with Crippen LogP contribution in [0.15, 0.2) is 36.5 Å². The Bertz CT molecular complexity index is 1380. The number of para-hydroxylation sites is 1. The van der Waals surface area contributed by atoms with Gasteiger partial charge in [0.15, 0.2) is 17.2 Å². The number of aromatic amines is 1. The van der Waals surface area contributed by atoms with Gasteiger partial charge in [0, 0.05) is 64.1 Å². The lowest BCUT2D eigenvalue weighted by Crippen LogP contribution is -2.43. The van der Waals surface area contributed by atoms with Crippen LogP contribution in [0.5, 0.6) is 0 Å². The van der Waals surface area contributed by atoms with E-state index in [1.165, 1.54) is 0 Å². The standard InChI is InChI=1S/C27H37N11/c1-18(2)23-24-25(34-33-23)26(32-27(31-24)37-12-7-20(28)8-13-37)30-17-19-5-3-4-6-21(19)38-14-9-22(35-38)36-15-10-29-11-16-36/h3-6,9,14,18,20,29H,7-8,10-13,15-17,28H2,1-2H3,(H,33,34)(H,30,31,32). The molecule has 0 atom stereocenters. The molecule has 1 aromatic carbocycles. The summed E-state index contributed by atoms with van der Waals surface area (Å²) in [6, 6.07) is 10.7. The molecule has 2 aliphatic rings. The molecular weight excluding hydrogens is 478 g/mol. The second-order valence-electron chi connectivity index (χ2n) is 10.5. The number of nitrogens with zero attached hydrogens (tertiary/aromatic N) is 7. The third-order valence-corrected chi connectivity index (χ3v) is 7.52. The van der Waals surface area contributed by atoms with Crippen molar-refractivity contribution in [3.05, 3.63) is 47.8 Å². The first-order valence-electron chi connectivity index (χ1n) is 13.7. The van der Waals surface area contributed by atoms with Crippen molar-refractivity contribution in [3.63, 3.8) is 0 Å². The lowest BCUT2D eigenvalue weighted by molar-refractivity contribution is 0.496. The van der Waals surface area contributed by atoms with Crippen molar-refractivity contribution in [1.82, 2.24) is 35.3 Å². The number of anilines is 3. The first-order valence-corrected chi connectivity index (χ1v) is 13.7. The highest BCUT2D eigenvalue weighted by molar-refractivity contribution is 5.88. The van der Waals surface area contributed by atoms with Gasteiger partial charge in [-0.2, -0.15) is 15.2 Å². The third kappa shape index (κ3) is 4.91. The Balaban J connectivity index is 1.29. The van der Waals surface area contributed by atoms with Gasteiger partial charge in [0.1, 0.15) is 5.52 Å². The highest BCUT2D eigenvalue weighted by Gasteiger charge is 2.23. The van der Waals surface area contributed by atoms with Crippen LogP contribution in [0.2, 0.25) is 0 Å². The molecule has 0 aliphatic carbocycles. The number of benzene rings is 1. The lowest BCUT2D eigenvalue weighted by Gasteiger charge is -2.30. The molecule has 4 aromatic rings. The number of aromatic nitrogens is 6. The Kier molecular flexibility index (Phi) is 6.86. The van der Waals surface area contributed by atoms with Gasteiger partial charge in [0.25, 0.3) is 0 Å². The van der Waals surface area contributed by atoms with Gasteiger partial charge in [-0.1, -0.05) is 32.0 Å². The first kappa shape index (κ1) is 24.6. The van der Waals surface area contributed by atoms with Crippen LogP contribution < -0.4 is 26.2 Å².